The number of rotatable bonds is 10. The molecule has 0 aliphatic carbocycles. The summed E-state index contributed by atoms with van der Waals surface area (Å²) < 4.78 is 10.5. The summed E-state index contributed by atoms with van der Waals surface area (Å²) in [5, 5.41) is 0. The van der Waals surface area contributed by atoms with Crippen LogP contribution in [0.4, 0.5) is 0 Å². The van der Waals surface area contributed by atoms with Gasteiger partial charge in [-0.2, -0.15) is 0 Å². The van der Waals surface area contributed by atoms with Crippen LogP contribution >= 0.6 is 0 Å². The fraction of sp³-hybridized carbons (Fsp3) is 0.556. The number of carbonyl (C=O) groups excluding carboxylic acids is 2. The van der Waals surface area contributed by atoms with E-state index in [2.05, 4.69) is 0 Å². The third kappa shape index (κ3) is 7.57. The standard InChI is InChI=1S/C18H28N2O4/c1-19(2)11-7-13-23-17(21)15-9-5-6-10-16(15)18(22)24-14-8-12-20(3)4/h5-6,9-10H,7-8,11-14H2,1-4H3. The van der Waals surface area contributed by atoms with Crippen molar-refractivity contribution in [3.8, 4) is 0 Å². The lowest BCUT2D eigenvalue weighted by Crippen LogP contribution is -2.19. The summed E-state index contributed by atoms with van der Waals surface area (Å²) in [5.74, 6) is -0.982. The number of hydrogen-bond donors (Lipinski definition) is 0. The number of nitrogens with zero attached hydrogens (tertiary/aromatic N) is 2. The first-order chi connectivity index (χ1) is 11.4. The average Bonchev–Trinajstić information content (AvgIpc) is 2.54. The second-order valence-electron chi connectivity index (χ2n) is 6.13. The maximum atomic E-state index is 12.2. The molecule has 0 heterocycles. The van der Waals surface area contributed by atoms with E-state index >= 15 is 0 Å². The monoisotopic (exact) mass is 336 g/mol. The molecule has 1 aromatic rings. The Morgan fingerprint density at radius 2 is 1.17 bits per heavy atom. The molecule has 0 aromatic heterocycles. The summed E-state index contributed by atoms with van der Waals surface area (Å²) in [4.78, 5) is 28.4. The van der Waals surface area contributed by atoms with Crippen molar-refractivity contribution in [3.63, 3.8) is 0 Å². The Labute approximate surface area is 144 Å². The Morgan fingerprint density at radius 3 is 1.50 bits per heavy atom. The highest BCUT2D eigenvalue weighted by Crippen LogP contribution is 2.12. The van der Waals surface area contributed by atoms with Gasteiger partial charge in [0.25, 0.3) is 0 Å². The van der Waals surface area contributed by atoms with Crippen LogP contribution in [-0.2, 0) is 9.47 Å². The summed E-state index contributed by atoms with van der Waals surface area (Å²) in [6.07, 6.45) is 1.49. The van der Waals surface area contributed by atoms with Gasteiger partial charge < -0.3 is 19.3 Å². The summed E-state index contributed by atoms with van der Waals surface area (Å²) in [5.41, 5.74) is 0.500. The minimum Gasteiger partial charge on any atom is -0.462 e. The van der Waals surface area contributed by atoms with Crippen LogP contribution in [-0.4, -0.2) is 76.2 Å². The minimum atomic E-state index is -0.491. The maximum Gasteiger partial charge on any atom is 0.339 e. The van der Waals surface area contributed by atoms with Crippen LogP contribution in [0.5, 0.6) is 0 Å². The van der Waals surface area contributed by atoms with Crippen molar-refractivity contribution in [2.45, 2.75) is 12.8 Å². The Kier molecular flexibility index (Phi) is 9.04. The van der Waals surface area contributed by atoms with Crippen LogP contribution in [0.1, 0.15) is 33.6 Å². The minimum absolute atomic E-state index is 0.250. The third-order valence-corrected chi connectivity index (χ3v) is 3.33. The molecular formula is C18H28N2O4. The quantitative estimate of drug-likeness (QED) is 0.480. The van der Waals surface area contributed by atoms with Crippen molar-refractivity contribution in [1.29, 1.82) is 0 Å². The van der Waals surface area contributed by atoms with Gasteiger partial charge in [0, 0.05) is 13.1 Å². The summed E-state index contributed by atoms with van der Waals surface area (Å²) >= 11 is 0. The van der Waals surface area contributed by atoms with Crippen LogP contribution < -0.4 is 0 Å². The predicted molar refractivity (Wildman–Crippen MR) is 93.3 cm³/mol. The van der Waals surface area contributed by atoms with E-state index in [1.54, 1.807) is 24.3 Å². The largest absolute Gasteiger partial charge is 0.462 e. The summed E-state index contributed by atoms with van der Waals surface area (Å²) in [6, 6.07) is 6.59. The van der Waals surface area contributed by atoms with Gasteiger partial charge in [-0.3, -0.25) is 0 Å². The van der Waals surface area contributed by atoms with Crippen LogP contribution in [0.3, 0.4) is 0 Å². The molecule has 0 atom stereocenters. The molecule has 0 saturated carbocycles. The molecular weight excluding hydrogens is 308 g/mol. The van der Waals surface area contributed by atoms with E-state index in [0.717, 1.165) is 25.9 Å². The Balaban J connectivity index is 2.56. The lowest BCUT2D eigenvalue weighted by molar-refractivity contribution is 0.0446. The van der Waals surface area contributed by atoms with E-state index in [1.165, 1.54) is 0 Å². The lowest BCUT2D eigenvalue weighted by Gasteiger charge is -2.12. The smallest absolute Gasteiger partial charge is 0.339 e. The van der Waals surface area contributed by atoms with Gasteiger partial charge in [0.05, 0.1) is 24.3 Å². The van der Waals surface area contributed by atoms with Crippen molar-refractivity contribution in [1.82, 2.24) is 9.80 Å². The molecule has 6 nitrogen and oxygen atoms in total. The van der Waals surface area contributed by atoms with Gasteiger partial charge in [0.1, 0.15) is 0 Å². The summed E-state index contributed by atoms with van der Waals surface area (Å²) in [6.45, 7) is 2.32. The Bertz CT molecular complexity index is 483. The van der Waals surface area contributed by atoms with Crippen molar-refractivity contribution in [2.24, 2.45) is 0 Å². The number of carbonyl (C=O) groups is 2. The van der Waals surface area contributed by atoms with E-state index < -0.39 is 11.9 Å². The molecule has 24 heavy (non-hydrogen) atoms. The molecule has 0 N–H and O–H groups in total. The first-order valence-corrected chi connectivity index (χ1v) is 8.14. The zero-order valence-electron chi connectivity index (χ0n) is 15.1. The number of hydrogen-bond acceptors (Lipinski definition) is 6. The first-order valence-electron chi connectivity index (χ1n) is 8.14. The van der Waals surface area contributed by atoms with Gasteiger partial charge in [0.15, 0.2) is 0 Å². The van der Waals surface area contributed by atoms with Crippen molar-refractivity contribution in [3.05, 3.63) is 35.4 Å². The molecule has 0 aliphatic heterocycles. The van der Waals surface area contributed by atoms with Crippen LogP contribution in [0.2, 0.25) is 0 Å². The molecule has 134 valence electrons. The van der Waals surface area contributed by atoms with Gasteiger partial charge in [-0.15, -0.1) is 0 Å². The van der Waals surface area contributed by atoms with E-state index in [-0.39, 0.29) is 11.1 Å². The lowest BCUT2D eigenvalue weighted by atomic mass is 10.1. The predicted octanol–water partition coefficient (Wildman–Crippen LogP) is 1.90. The Morgan fingerprint density at radius 1 is 0.792 bits per heavy atom. The van der Waals surface area contributed by atoms with E-state index in [4.69, 9.17) is 9.47 Å². The molecule has 6 heteroatoms. The first kappa shape index (κ1) is 20.1. The van der Waals surface area contributed by atoms with Crippen LogP contribution in [0.15, 0.2) is 24.3 Å². The molecule has 0 unspecified atom stereocenters. The molecule has 1 rings (SSSR count). The number of esters is 2. The van der Waals surface area contributed by atoms with Crippen molar-refractivity contribution < 1.29 is 19.1 Å². The second kappa shape index (κ2) is 10.8. The molecule has 0 bridgehead atoms. The van der Waals surface area contributed by atoms with Gasteiger partial charge in [-0.1, -0.05) is 12.1 Å². The van der Waals surface area contributed by atoms with Gasteiger partial charge in [0.2, 0.25) is 0 Å². The fourth-order valence-electron chi connectivity index (χ4n) is 2.09. The SMILES string of the molecule is CN(C)CCCOC(=O)c1ccccc1C(=O)OCCCN(C)C. The molecule has 0 spiro atoms. The average molecular weight is 336 g/mol. The zero-order chi connectivity index (χ0) is 17.9. The van der Waals surface area contributed by atoms with E-state index in [0.29, 0.717) is 13.2 Å². The van der Waals surface area contributed by atoms with Crippen molar-refractivity contribution >= 4 is 11.9 Å². The summed E-state index contributed by atoms with van der Waals surface area (Å²) in [7, 11) is 7.85. The topological polar surface area (TPSA) is 59.1 Å². The van der Waals surface area contributed by atoms with E-state index in [1.807, 2.05) is 38.0 Å². The molecule has 0 fully saturated rings. The fourth-order valence-corrected chi connectivity index (χ4v) is 2.09. The normalized spacial score (nSPS) is 10.9. The van der Waals surface area contributed by atoms with Crippen LogP contribution in [0.25, 0.3) is 0 Å². The number of benzene rings is 1. The van der Waals surface area contributed by atoms with Crippen LogP contribution in [0, 0.1) is 0 Å². The van der Waals surface area contributed by atoms with Crippen molar-refractivity contribution in [2.75, 3.05) is 54.5 Å². The molecule has 1 aromatic carbocycles. The highest BCUT2D eigenvalue weighted by molar-refractivity contribution is 6.03. The van der Waals surface area contributed by atoms with Gasteiger partial charge in [-0.25, -0.2) is 9.59 Å². The van der Waals surface area contributed by atoms with Gasteiger partial charge >= 0.3 is 11.9 Å². The second-order valence-corrected chi connectivity index (χ2v) is 6.13. The molecule has 0 amide bonds. The number of ether oxygens (including phenoxy) is 2. The highest BCUT2D eigenvalue weighted by atomic mass is 16.5. The Hall–Kier alpha value is -1.92. The molecule has 0 saturated heterocycles. The zero-order valence-corrected chi connectivity index (χ0v) is 15.1. The maximum absolute atomic E-state index is 12.2. The third-order valence-electron chi connectivity index (χ3n) is 3.33. The molecule has 0 aliphatic rings. The van der Waals surface area contributed by atoms with E-state index in [9.17, 15) is 9.59 Å². The highest BCUT2D eigenvalue weighted by Gasteiger charge is 2.18. The van der Waals surface area contributed by atoms with Gasteiger partial charge in [-0.05, 0) is 53.2 Å². The molecule has 0 radical (unpaired) electrons.